The van der Waals surface area contributed by atoms with Crippen LogP contribution in [0.25, 0.3) is 0 Å². The van der Waals surface area contributed by atoms with E-state index in [2.05, 4.69) is 14.7 Å². The summed E-state index contributed by atoms with van der Waals surface area (Å²) >= 11 is 0. The summed E-state index contributed by atoms with van der Waals surface area (Å²) in [5.74, 6) is 0. The minimum atomic E-state index is 0.234. The van der Waals surface area contributed by atoms with Crippen LogP contribution < -0.4 is 5.48 Å². The van der Waals surface area contributed by atoms with Gasteiger partial charge in [0.1, 0.15) is 0 Å². The Balaban J connectivity index is 2.83. The summed E-state index contributed by atoms with van der Waals surface area (Å²) in [6, 6.07) is 0.234. The van der Waals surface area contributed by atoms with Crippen molar-refractivity contribution in [2.24, 2.45) is 0 Å². The molecule has 0 aromatic rings. The van der Waals surface area contributed by atoms with E-state index in [-0.39, 0.29) is 6.04 Å². The quantitative estimate of drug-likeness (QED) is 0.423. The van der Waals surface area contributed by atoms with Crippen molar-refractivity contribution in [2.75, 3.05) is 6.16 Å². The van der Waals surface area contributed by atoms with Crippen LogP contribution in [0.4, 0.5) is 0 Å². The molecule has 0 spiro atoms. The average molecular weight is 121 g/mol. The van der Waals surface area contributed by atoms with Crippen LogP contribution >= 0.6 is 9.24 Å². The molecule has 0 amide bonds. The third kappa shape index (κ3) is 4.20. The Morgan fingerprint density at radius 3 is 2.57 bits per heavy atom. The molecule has 2 N–H and O–H groups in total. The molecular formula is C4H12NOP. The summed E-state index contributed by atoms with van der Waals surface area (Å²) in [5.41, 5.74) is 2.15. The van der Waals surface area contributed by atoms with Crippen LogP contribution in [0.2, 0.25) is 0 Å². The highest BCUT2D eigenvalue weighted by atomic mass is 31.0. The van der Waals surface area contributed by atoms with Crippen LogP contribution in [0.1, 0.15) is 13.3 Å². The van der Waals surface area contributed by atoms with E-state index in [1.54, 1.807) is 0 Å². The summed E-state index contributed by atoms with van der Waals surface area (Å²) in [6.07, 6.45) is 2.04. The fourth-order valence-electron chi connectivity index (χ4n) is 0.315. The topological polar surface area (TPSA) is 32.3 Å². The van der Waals surface area contributed by atoms with Gasteiger partial charge in [-0.05, 0) is 19.5 Å². The molecular weight excluding hydrogens is 109 g/mol. The van der Waals surface area contributed by atoms with Gasteiger partial charge in [-0.2, -0.15) is 0 Å². The highest BCUT2D eigenvalue weighted by Crippen LogP contribution is 1.92. The van der Waals surface area contributed by atoms with Crippen molar-refractivity contribution in [1.82, 2.24) is 5.48 Å². The zero-order valence-electron chi connectivity index (χ0n) is 4.52. The Hall–Kier alpha value is 0.350. The second-order valence-electron chi connectivity index (χ2n) is 1.61. The predicted octanol–water partition coefficient (Wildman–Crippen LogP) is 0.619. The van der Waals surface area contributed by atoms with Crippen LogP contribution in [0, 0.1) is 0 Å². The first-order chi connectivity index (χ1) is 3.31. The number of hydroxylamine groups is 1. The van der Waals surface area contributed by atoms with Crippen LogP contribution in [-0.2, 0) is 0 Å². The first-order valence-electron chi connectivity index (χ1n) is 2.41. The second kappa shape index (κ2) is 4.51. The molecule has 0 rings (SSSR count). The van der Waals surface area contributed by atoms with Gasteiger partial charge in [0, 0.05) is 6.04 Å². The van der Waals surface area contributed by atoms with Crippen molar-refractivity contribution in [2.45, 2.75) is 19.4 Å². The summed E-state index contributed by atoms with van der Waals surface area (Å²) in [5, 5.41) is 8.21. The van der Waals surface area contributed by atoms with Crippen LogP contribution in [0.5, 0.6) is 0 Å². The number of nitrogens with one attached hydrogen (secondary N) is 1. The summed E-state index contributed by atoms with van der Waals surface area (Å²) in [4.78, 5) is 0. The molecule has 0 aliphatic rings. The molecule has 0 aliphatic carbocycles. The zero-order chi connectivity index (χ0) is 5.70. The average Bonchev–Trinajstić information content (AvgIpc) is 1.68. The third-order valence-electron chi connectivity index (χ3n) is 0.820. The van der Waals surface area contributed by atoms with Crippen LogP contribution in [0.15, 0.2) is 0 Å². The molecule has 44 valence electrons. The Bertz CT molecular complexity index is 42.7. The van der Waals surface area contributed by atoms with Crippen LogP contribution in [0.3, 0.4) is 0 Å². The number of rotatable bonds is 3. The lowest BCUT2D eigenvalue weighted by Gasteiger charge is -2.03. The smallest absolute Gasteiger partial charge is 0.0294 e. The van der Waals surface area contributed by atoms with E-state index in [1.165, 1.54) is 0 Å². The largest absolute Gasteiger partial charge is 0.317 e. The molecule has 0 saturated heterocycles. The van der Waals surface area contributed by atoms with Crippen molar-refractivity contribution < 1.29 is 5.21 Å². The van der Waals surface area contributed by atoms with Gasteiger partial charge in [-0.1, -0.05) is 0 Å². The van der Waals surface area contributed by atoms with Gasteiger partial charge in [0.25, 0.3) is 0 Å². The van der Waals surface area contributed by atoms with E-state index in [4.69, 9.17) is 5.21 Å². The number of hydrogen-bond acceptors (Lipinski definition) is 2. The highest BCUT2D eigenvalue weighted by Gasteiger charge is 1.92. The maximum absolute atomic E-state index is 8.21. The van der Waals surface area contributed by atoms with E-state index >= 15 is 0 Å². The van der Waals surface area contributed by atoms with E-state index in [0.29, 0.717) is 0 Å². The molecule has 0 radical (unpaired) electrons. The lowest BCUT2D eigenvalue weighted by Crippen LogP contribution is -2.21. The molecule has 0 aromatic carbocycles. The lowest BCUT2D eigenvalue weighted by atomic mass is 10.3. The van der Waals surface area contributed by atoms with Crippen LogP contribution in [-0.4, -0.2) is 17.4 Å². The van der Waals surface area contributed by atoms with Crippen molar-refractivity contribution in [3.05, 3.63) is 0 Å². The van der Waals surface area contributed by atoms with Crippen molar-refractivity contribution in [1.29, 1.82) is 0 Å². The molecule has 0 fully saturated rings. The predicted molar refractivity (Wildman–Crippen MR) is 33.6 cm³/mol. The number of hydrogen-bond donors (Lipinski definition) is 2. The fourth-order valence-corrected chi connectivity index (χ4v) is 0.815. The van der Waals surface area contributed by atoms with E-state index < -0.39 is 0 Å². The summed E-state index contributed by atoms with van der Waals surface area (Å²) < 4.78 is 0. The maximum atomic E-state index is 8.21. The SMILES string of the molecule is C[C@H](CCP)NO. The third-order valence-corrected chi connectivity index (χ3v) is 1.15. The first kappa shape index (κ1) is 7.35. The van der Waals surface area contributed by atoms with E-state index in [9.17, 15) is 0 Å². The summed E-state index contributed by atoms with van der Waals surface area (Å²) in [6.45, 7) is 1.93. The van der Waals surface area contributed by atoms with Crippen molar-refractivity contribution in [3.8, 4) is 0 Å². The van der Waals surface area contributed by atoms with Gasteiger partial charge < -0.3 is 5.21 Å². The normalized spacial score (nSPS) is 14.1. The Morgan fingerprint density at radius 1 is 1.86 bits per heavy atom. The molecule has 7 heavy (non-hydrogen) atoms. The van der Waals surface area contributed by atoms with Gasteiger partial charge in [0.05, 0.1) is 0 Å². The highest BCUT2D eigenvalue weighted by molar-refractivity contribution is 7.16. The Morgan fingerprint density at radius 2 is 2.43 bits per heavy atom. The molecule has 0 heterocycles. The van der Waals surface area contributed by atoms with E-state index in [1.807, 2.05) is 6.92 Å². The Kier molecular flexibility index (Phi) is 4.73. The van der Waals surface area contributed by atoms with Gasteiger partial charge in [-0.15, -0.1) is 9.24 Å². The van der Waals surface area contributed by atoms with Gasteiger partial charge in [0.15, 0.2) is 0 Å². The fraction of sp³-hybridized carbons (Fsp3) is 1.00. The minimum Gasteiger partial charge on any atom is -0.317 e. The second-order valence-corrected chi connectivity index (χ2v) is 2.18. The standard InChI is InChI=1S/C4H12NOP/c1-4(5-6)2-3-7/h4-6H,2-3,7H2,1H3/t4-/m1/s1. The molecule has 2 atom stereocenters. The van der Waals surface area contributed by atoms with Crippen molar-refractivity contribution >= 4 is 9.24 Å². The molecule has 1 unspecified atom stereocenters. The molecule has 3 heteroatoms. The summed E-state index contributed by atoms with van der Waals surface area (Å²) in [7, 11) is 2.60. The molecule has 2 nitrogen and oxygen atoms in total. The van der Waals surface area contributed by atoms with Crippen molar-refractivity contribution in [3.63, 3.8) is 0 Å². The lowest BCUT2D eigenvalue weighted by molar-refractivity contribution is 0.131. The minimum absolute atomic E-state index is 0.234. The monoisotopic (exact) mass is 121 g/mol. The van der Waals surface area contributed by atoms with Gasteiger partial charge in [-0.3, -0.25) is 0 Å². The van der Waals surface area contributed by atoms with E-state index in [0.717, 1.165) is 12.6 Å². The maximum Gasteiger partial charge on any atom is 0.0294 e. The Labute approximate surface area is 46.5 Å². The molecule has 0 aromatic heterocycles. The van der Waals surface area contributed by atoms with Gasteiger partial charge >= 0.3 is 0 Å². The molecule has 0 aliphatic heterocycles. The molecule has 0 saturated carbocycles. The molecule has 0 bridgehead atoms. The van der Waals surface area contributed by atoms with Gasteiger partial charge in [-0.25, -0.2) is 5.48 Å². The zero-order valence-corrected chi connectivity index (χ0v) is 5.67. The first-order valence-corrected chi connectivity index (χ1v) is 3.22. The van der Waals surface area contributed by atoms with Gasteiger partial charge in [0.2, 0.25) is 0 Å².